The van der Waals surface area contributed by atoms with Crippen LogP contribution in [0.2, 0.25) is 0 Å². The van der Waals surface area contributed by atoms with Crippen LogP contribution in [0.3, 0.4) is 0 Å². The molecule has 1 aromatic rings. The van der Waals surface area contributed by atoms with Gasteiger partial charge in [0.05, 0.1) is 5.69 Å². The first kappa shape index (κ1) is 10.8. The largest absolute Gasteiger partial charge is 0.382 e. The summed E-state index contributed by atoms with van der Waals surface area (Å²) in [5.41, 5.74) is 7.07. The lowest BCUT2D eigenvalue weighted by Crippen LogP contribution is -2.36. The molecular formula is C13H20N4. The van der Waals surface area contributed by atoms with E-state index in [1.807, 2.05) is 6.07 Å². The van der Waals surface area contributed by atoms with Crippen molar-refractivity contribution in [2.24, 2.45) is 0 Å². The third-order valence-corrected chi connectivity index (χ3v) is 4.31. The Labute approximate surface area is 102 Å². The van der Waals surface area contributed by atoms with Gasteiger partial charge in [0.2, 0.25) is 0 Å². The SMILES string of the molecule is CN1C2CCC1CN(c1cccnc1N)CC2. The molecule has 2 saturated heterocycles. The molecule has 2 atom stereocenters. The molecular weight excluding hydrogens is 212 g/mol. The molecule has 2 bridgehead atoms. The van der Waals surface area contributed by atoms with Crippen molar-refractivity contribution in [2.75, 3.05) is 30.8 Å². The zero-order chi connectivity index (χ0) is 11.8. The summed E-state index contributed by atoms with van der Waals surface area (Å²) in [6.07, 6.45) is 5.67. The number of fused-ring (bicyclic) bond motifs is 2. The molecule has 0 radical (unpaired) electrons. The zero-order valence-corrected chi connectivity index (χ0v) is 10.3. The van der Waals surface area contributed by atoms with Crippen LogP contribution in [0.15, 0.2) is 18.3 Å². The van der Waals surface area contributed by atoms with E-state index in [0.29, 0.717) is 11.9 Å². The van der Waals surface area contributed by atoms with Crippen molar-refractivity contribution in [2.45, 2.75) is 31.3 Å². The van der Waals surface area contributed by atoms with Gasteiger partial charge in [-0.15, -0.1) is 0 Å². The number of hydrogen-bond acceptors (Lipinski definition) is 4. The molecule has 0 aliphatic carbocycles. The second kappa shape index (κ2) is 4.18. The third-order valence-electron chi connectivity index (χ3n) is 4.31. The molecule has 2 N–H and O–H groups in total. The molecule has 0 aromatic carbocycles. The number of likely N-dealkylation sites (N-methyl/N-ethyl adjacent to an activating group) is 1. The van der Waals surface area contributed by atoms with Crippen molar-refractivity contribution in [3.8, 4) is 0 Å². The number of rotatable bonds is 1. The maximum absolute atomic E-state index is 5.97. The van der Waals surface area contributed by atoms with E-state index < -0.39 is 0 Å². The molecule has 0 spiro atoms. The van der Waals surface area contributed by atoms with Gasteiger partial charge in [-0.3, -0.25) is 4.90 Å². The number of hydrogen-bond donors (Lipinski definition) is 1. The lowest BCUT2D eigenvalue weighted by molar-refractivity contribution is 0.254. The van der Waals surface area contributed by atoms with Crippen molar-refractivity contribution < 1.29 is 0 Å². The smallest absolute Gasteiger partial charge is 0.146 e. The van der Waals surface area contributed by atoms with Gasteiger partial charge in [0.1, 0.15) is 5.82 Å². The van der Waals surface area contributed by atoms with Crippen molar-refractivity contribution in [1.29, 1.82) is 0 Å². The van der Waals surface area contributed by atoms with E-state index in [1.54, 1.807) is 6.20 Å². The van der Waals surface area contributed by atoms with Gasteiger partial charge >= 0.3 is 0 Å². The molecule has 2 aliphatic heterocycles. The van der Waals surface area contributed by atoms with Crippen LogP contribution in [0.25, 0.3) is 0 Å². The van der Waals surface area contributed by atoms with Crippen LogP contribution in [0.5, 0.6) is 0 Å². The standard InChI is InChI=1S/C13H20N4/c1-16-10-4-5-11(16)9-17(8-6-10)12-3-2-7-15-13(12)14/h2-3,7,10-11H,4-6,8-9H2,1H3,(H2,14,15). The maximum Gasteiger partial charge on any atom is 0.146 e. The number of anilines is 2. The number of nitrogens with two attached hydrogens (primary N) is 1. The Hall–Kier alpha value is -1.29. The summed E-state index contributed by atoms with van der Waals surface area (Å²) in [6.45, 7) is 2.18. The van der Waals surface area contributed by atoms with E-state index in [2.05, 4.69) is 27.9 Å². The van der Waals surface area contributed by atoms with Gasteiger partial charge in [-0.05, 0) is 38.4 Å². The Balaban J connectivity index is 1.84. The zero-order valence-electron chi connectivity index (χ0n) is 10.3. The molecule has 4 nitrogen and oxygen atoms in total. The van der Waals surface area contributed by atoms with E-state index in [0.717, 1.165) is 24.8 Å². The topological polar surface area (TPSA) is 45.4 Å². The van der Waals surface area contributed by atoms with Gasteiger partial charge in [0.25, 0.3) is 0 Å². The first-order chi connectivity index (χ1) is 8.25. The molecule has 3 rings (SSSR count). The number of pyridine rings is 1. The van der Waals surface area contributed by atoms with Gasteiger partial charge in [0, 0.05) is 31.4 Å². The van der Waals surface area contributed by atoms with E-state index in [4.69, 9.17) is 5.73 Å². The second-order valence-electron chi connectivity index (χ2n) is 5.19. The summed E-state index contributed by atoms with van der Waals surface area (Å²) >= 11 is 0. The summed E-state index contributed by atoms with van der Waals surface area (Å²) in [4.78, 5) is 9.14. The molecule has 3 heterocycles. The normalized spacial score (nSPS) is 29.4. The van der Waals surface area contributed by atoms with Crippen molar-refractivity contribution in [3.05, 3.63) is 18.3 Å². The average Bonchev–Trinajstić information content (AvgIpc) is 2.55. The first-order valence-electron chi connectivity index (χ1n) is 6.43. The molecule has 2 fully saturated rings. The molecule has 4 heteroatoms. The second-order valence-corrected chi connectivity index (χ2v) is 5.19. The van der Waals surface area contributed by atoms with E-state index in [9.17, 15) is 0 Å². The van der Waals surface area contributed by atoms with Crippen molar-refractivity contribution in [3.63, 3.8) is 0 Å². The number of nitrogen functional groups attached to an aromatic ring is 1. The van der Waals surface area contributed by atoms with Crippen LogP contribution >= 0.6 is 0 Å². The minimum atomic E-state index is 0.660. The quantitative estimate of drug-likeness (QED) is 0.793. The van der Waals surface area contributed by atoms with Crippen LogP contribution in [0, 0.1) is 0 Å². The monoisotopic (exact) mass is 232 g/mol. The molecule has 2 unspecified atom stereocenters. The number of nitrogens with zero attached hydrogens (tertiary/aromatic N) is 3. The summed E-state index contributed by atoms with van der Waals surface area (Å²) in [6, 6.07) is 5.50. The van der Waals surface area contributed by atoms with Crippen LogP contribution in [0.4, 0.5) is 11.5 Å². The minimum Gasteiger partial charge on any atom is -0.382 e. The predicted molar refractivity (Wildman–Crippen MR) is 70.1 cm³/mol. The highest BCUT2D eigenvalue weighted by Crippen LogP contribution is 2.31. The lowest BCUT2D eigenvalue weighted by atomic mass is 10.1. The lowest BCUT2D eigenvalue weighted by Gasteiger charge is -2.28. The summed E-state index contributed by atoms with van der Waals surface area (Å²) in [5.74, 6) is 0.660. The highest BCUT2D eigenvalue weighted by Gasteiger charge is 2.34. The summed E-state index contributed by atoms with van der Waals surface area (Å²) in [5, 5.41) is 0. The maximum atomic E-state index is 5.97. The molecule has 0 amide bonds. The Kier molecular flexibility index (Phi) is 2.67. The summed E-state index contributed by atoms with van der Waals surface area (Å²) < 4.78 is 0. The van der Waals surface area contributed by atoms with E-state index >= 15 is 0 Å². The van der Waals surface area contributed by atoms with Gasteiger partial charge in [-0.1, -0.05) is 0 Å². The average molecular weight is 232 g/mol. The van der Waals surface area contributed by atoms with Gasteiger partial charge in [-0.25, -0.2) is 4.98 Å². The third kappa shape index (κ3) is 1.86. The van der Waals surface area contributed by atoms with Gasteiger partial charge < -0.3 is 10.6 Å². The molecule has 0 saturated carbocycles. The molecule has 17 heavy (non-hydrogen) atoms. The molecule has 92 valence electrons. The summed E-state index contributed by atoms with van der Waals surface area (Å²) in [7, 11) is 2.26. The van der Waals surface area contributed by atoms with E-state index in [1.165, 1.54) is 19.3 Å². The fourth-order valence-electron chi connectivity index (χ4n) is 3.20. The van der Waals surface area contributed by atoms with Crippen LogP contribution < -0.4 is 10.6 Å². The Morgan fingerprint density at radius 1 is 1.29 bits per heavy atom. The Bertz CT molecular complexity index is 406. The van der Waals surface area contributed by atoms with Crippen molar-refractivity contribution in [1.82, 2.24) is 9.88 Å². The highest BCUT2D eigenvalue weighted by molar-refractivity contribution is 5.63. The fraction of sp³-hybridized carbons (Fsp3) is 0.615. The Morgan fingerprint density at radius 2 is 2.12 bits per heavy atom. The number of aromatic nitrogens is 1. The highest BCUT2D eigenvalue weighted by atomic mass is 15.3. The fourth-order valence-corrected chi connectivity index (χ4v) is 3.20. The Morgan fingerprint density at radius 3 is 2.94 bits per heavy atom. The molecule has 2 aliphatic rings. The van der Waals surface area contributed by atoms with Crippen LogP contribution in [-0.4, -0.2) is 42.1 Å². The first-order valence-corrected chi connectivity index (χ1v) is 6.43. The van der Waals surface area contributed by atoms with Crippen LogP contribution in [-0.2, 0) is 0 Å². The predicted octanol–water partition coefficient (Wildman–Crippen LogP) is 1.34. The van der Waals surface area contributed by atoms with Gasteiger partial charge in [0.15, 0.2) is 0 Å². The van der Waals surface area contributed by atoms with Crippen LogP contribution in [0.1, 0.15) is 19.3 Å². The van der Waals surface area contributed by atoms with Crippen molar-refractivity contribution >= 4 is 11.5 Å². The molecule has 1 aromatic heterocycles. The van der Waals surface area contributed by atoms with Gasteiger partial charge in [-0.2, -0.15) is 0 Å². The van der Waals surface area contributed by atoms with E-state index in [-0.39, 0.29) is 0 Å². The minimum absolute atomic E-state index is 0.660.